The minimum Gasteiger partial charge on any atom is -0.507 e. The SMILES string of the molecule is O=C1/C(=C/c2c[nH]c3ccc(OCCN4CCOCC4)cc23)Oc2c1ccc(O)c2CN1CCNCC1. The number of nitrogens with zero attached hydrogens (tertiary/aromatic N) is 2. The highest BCUT2D eigenvalue weighted by Crippen LogP contribution is 2.40. The number of fused-ring (bicyclic) bond motifs is 2. The van der Waals surface area contributed by atoms with Crippen LogP contribution in [0.25, 0.3) is 17.0 Å². The van der Waals surface area contributed by atoms with Gasteiger partial charge in [-0.2, -0.15) is 0 Å². The van der Waals surface area contributed by atoms with E-state index < -0.39 is 0 Å². The zero-order chi connectivity index (χ0) is 25.2. The molecule has 3 aliphatic rings. The topological polar surface area (TPSA) is 99.3 Å². The lowest BCUT2D eigenvalue weighted by Crippen LogP contribution is -2.42. The van der Waals surface area contributed by atoms with Crippen LogP contribution in [0.4, 0.5) is 0 Å². The molecule has 6 rings (SSSR count). The van der Waals surface area contributed by atoms with Crippen LogP contribution in [0.1, 0.15) is 21.5 Å². The van der Waals surface area contributed by atoms with Gasteiger partial charge in [0, 0.05) is 75.0 Å². The van der Waals surface area contributed by atoms with Gasteiger partial charge in [-0.3, -0.25) is 14.6 Å². The third-order valence-corrected chi connectivity index (χ3v) is 7.26. The molecule has 3 aliphatic heterocycles. The normalized spacial score (nSPS) is 19.9. The molecule has 194 valence electrons. The van der Waals surface area contributed by atoms with E-state index in [1.807, 2.05) is 24.4 Å². The molecule has 2 saturated heterocycles. The molecule has 3 aromatic rings. The Balaban J connectivity index is 1.20. The summed E-state index contributed by atoms with van der Waals surface area (Å²) in [4.78, 5) is 21.1. The predicted molar refractivity (Wildman–Crippen MR) is 140 cm³/mol. The Morgan fingerprint density at radius 3 is 2.73 bits per heavy atom. The van der Waals surface area contributed by atoms with Crippen LogP contribution in [-0.4, -0.2) is 91.3 Å². The van der Waals surface area contributed by atoms with E-state index in [0.29, 0.717) is 30.0 Å². The summed E-state index contributed by atoms with van der Waals surface area (Å²) in [6, 6.07) is 9.16. The number of benzene rings is 2. The maximum atomic E-state index is 13.2. The minimum atomic E-state index is -0.177. The van der Waals surface area contributed by atoms with E-state index in [9.17, 15) is 9.90 Å². The molecular weight excluding hydrogens is 472 g/mol. The summed E-state index contributed by atoms with van der Waals surface area (Å²) < 4.78 is 17.5. The Hall–Kier alpha value is -3.37. The highest BCUT2D eigenvalue weighted by molar-refractivity contribution is 6.15. The zero-order valence-corrected chi connectivity index (χ0v) is 20.8. The Bertz CT molecular complexity index is 1320. The number of aromatic amines is 1. The number of aromatic nitrogens is 1. The van der Waals surface area contributed by atoms with E-state index in [2.05, 4.69) is 20.1 Å². The number of carbonyl (C=O) groups is 1. The lowest BCUT2D eigenvalue weighted by molar-refractivity contribution is 0.0322. The number of allylic oxidation sites excluding steroid dienone is 1. The molecular formula is C28H32N4O5. The highest BCUT2D eigenvalue weighted by atomic mass is 16.5. The maximum absolute atomic E-state index is 13.2. The summed E-state index contributed by atoms with van der Waals surface area (Å²) in [6.45, 7) is 8.97. The maximum Gasteiger partial charge on any atom is 0.231 e. The molecule has 0 unspecified atom stereocenters. The van der Waals surface area contributed by atoms with Crippen LogP contribution >= 0.6 is 0 Å². The smallest absolute Gasteiger partial charge is 0.231 e. The summed E-state index contributed by atoms with van der Waals surface area (Å²) in [5, 5.41) is 14.9. The van der Waals surface area contributed by atoms with Crippen molar-refractivity contribution in [1.29, 1.82) is 0 Å². The van der Waals surface area contributed by atoms with E-state index in [0.717, 1.165) is 81.2 Å². The molecule has 2 fully saturated rings. The van der Waals surface area contributed by atoms with E-state index in [1.54, 1.807) is 18.2 Å². The number of nitrogens with one attached hydrogen (secondary N) is 2. The van der Waals surface area contributed by atoms with Gasteiger partial charge >= 0.3 is 0 Å². The number of aromatic hydroxyl groups is 1. The van der Waals surface area contributed by atoms with Crippen LogP contribution < -0.4 is 14.8 Å². The van der Waals surface area contributed by atoms with E-state index in [-0.39, 0.29) is 17.3 Å². The van der Waals surface area contributed by atoms with Crippen molar-refractivity contribution in [3.63, 3.8) is 0 Å². The number of phenolic OH excluding ortho intramolecular Hbond substituents is 1. The van der Waals surface area contributed by atoms with Gasteiger partial charge in [0.15, 0.2) is 5.76 Å². The Kier molecular flexibility index (Phi) is 6.84. The number of ketones is 1. The first-order chi connectivity index (χ1) is 18.2. The summed E-state index contributed by atoms with van der Waals surface area (Å²) >= 11 is 0. The largest absolute Gasteiger partial charge is 0.507 e. The molecule has 1 aromatic heterocycles. The van der Waals surface area contributed by atoms with Gasteiger partial charge in [-0.1, -0.05) is 0 Å². The Morgan fingerprint density at radius 2 is 1.89 bits per heavy atom. The van der Waals surface area contributed by atoms with Gasteiger partial charge in [0.05, 0.1) is 24.3 Å². The Labute approximate surface area is 215 Å². The third kappa shape index (κ3) is 5.08. The summed E-state index contributed by atoms with van der Waals surface area (Å²) in [5.41, 5.74) is 2.94. The zero-order valence-electron chi connectivity index (χ0n) is 20.8. The molecule has 0 aliphatic carbocycles. The van der Waals surface area contributed by atoms with Crippen molar-refractivity contribution in [3.05, 3.63) is 59.0 Å². The summed E-state index contributed by atoms with van der Waals surface area (Å²) in [5.74, 6) is 1.47. The number of phenols is 1. The molecule has 0 radical (unpaired) electrons. The van der Waals surface area contributed by atoms with Gasteiger partial charge in [0.2, 0.25) is 5.78 Å². The molecule has 37 heavy (non-hydrogen) atoms. The van der Waals surface area contributed by atoms with E-state index in [1.165, 1.54) is 0 Å². The predicted octanol–water partition coefficient (Wildman–Crippen LogP) is 2.61. The number of hydrogen-bond donors (Lipinski definition) is 3. The summed E-state index contributed by atoms with van der Waals surface area (Å²) in [6.07, 6.45) is 3.64. The first kappa shape index (κ1) is 24.0. The van der Waals surface area contributed by atoms with Gasteiger partial charge in [-0.05, 0) is 36.4 Å². The molecule has 9 heteroatoms. The summed E-state index contributed by atoms with van der Waals surface area (Å²) in [7, 11) is 0. The lowest BCUT2D eigenvalue weighted by atomic mass is 10.0. The van der Waals surface area contributed by atoms with E-state index in [4.69, 9.17) is 14.2 Å². The molecule has 0 bridgehead atoms. The first-order valence-electron chi connectivity index (χ1n) is 12.9. The number of carbonyl (C=O) groups excluding carboxylic acids is 1. The third-order valence-electron chi connectivity index (χ3n) is 7.26. The second-order valence-electron chi connectivity index (χ2n) is 9.66. The van der Waals surface area contributed by atoms with Crippen molar-refractivity contribution in [3.8, 4) is 17.2 Å². The second-order valence-corrected chi connectivity index (χ2v) is 9.66. The fourth-order valence-electron chi connectivity index (χ4n) is 5.13. The van der Waals surface area contributed by atoms with Crippen molar-refractivity contribution in [1.82, 2.24) is 20.1 Å². The van der Waals surface area contributed by atoms with Gasteiger partial charge in [-0.15, -0.1) is 0 Å². The number of H-pyrrole nitrogens is 1. The molecule has 0 atom stereocenters. The number of Topliss-reactive ketones (excluding diaryl/α,β-unsaturated/α-hetero) is 1. The molecule has 9 nitrogen and oxygen atoms in total. The second kappa shape index (κ2) is 10.5. The lowest BCUT2D eigenvalue weighted by Gasteiger charge is -2.27. The van der Waals surface area contributed by atoms with Crippen molar-refractivity contribution in [2.75, 3.05) is 65.6 Å². The standard InChI is InChI=1S/C28H32N4O5/c33-25-4-2-21-27(34)26(37-28(21)23(25)18-32-7-5-29-6-8-32)15-19-17-30-24-3-1-20(16-22(19)24)36-14-11-31-9-12-35-13-10-31/h1-4,15-17,29-30,33H,5-14,18H2/b26-15-. The molecule has 0 amide bonds. The fourth-order valence-corrected chi connectivity index (χ4v) is 5.13. The van der Waals surface area contributed by atoms with Gasteiger partial charge in [0.1, 0.15) is 23.9 Å². The molecule has 0 spiro atoms. The fraction of sp³-hybridized carbons (Fsp3) is 0.393. The van der Waals surface area contributed by atoms with Crippen molar-refractivity contribution < 1.29 is 24.1 Å². The van der Waals surface area contributed by atoms with Gasteiger partial charge < -0.3 is 29.6 Å². The highest BCUT2D eigenvalue weighted by Gasteiger charge is 2.32. The molecule has 0 saturated carbocycles. The van der Waals surface area contributed by atoms with Crippen LogP contribution in [0.5, 0.6) is 17.2 Å². The average Bonchev–Trinajstić information content (AvgIpc) is 3.47. The molecule has 2 aromatic carbocycles. The van der Waals surface area contributed by atoms with Crippen molar-refractivity contribution in [2.24, 2.45) is 0 Å². The minimum absolute atomic E-state index is 0.150. The Morgan fingerprint density at radius 1 is 1.05 bits per heavy atom. The van der Waals surface area contributed by atoms with Crippen LogP contribution in [-0.2, 0) is 11.3 Å². The molecule has 4 heterocycles. The number of piperazine rings is 1. The van der Waals surface area contributed by atoms with Crippen molar-refractivity contribution >= 4 is 22.8 Å². The quantitative estimate of drug-likeness (QED) is 0.423. The molecule has 3 N–H and O–H groups in total. The number of hydrogen-bond acceptors (Lipinski definition) is 8. The van der Waals surface area contributed by atoms with Crippen molar-refractivity contribution in [2.45, 2.75) is 6.54 Å². The van der Waals surface area contributed by atoms with Gasteiger partial charge in [0.25, 0.3) is 0 Å². The number of ether oxygens (including phenoxy) is 3. The number of rotatable bonds is 7. The van der Waals surface area contributed by atoms with Crippen LogP contribution in [0.3, 0.4) is 0 Å². The monoisotopic (exact) mass is 504 g/mol. The van der Waals surface area contributed by atoms with Crippen LogP contribution in [0.15, 0.2) is 42.3 Å². The first-order valence-corrected chi connectivity index (χ1v) is 12.9. The van der Waals surface area contributed by atoms with Gasteiger partial charge in [-0.25, -0.2) is 0 Å². The van der Waals surface area contributed by atoms with Crippen LogP contribution in [0.2, 0.25) is 0 Å². The van der Waals surface area contributed by atoms with Crippen LogP contribution in [0, 0.1) is 0 Å². The number of morpholine rings is 1. The van der Waals surface area contributed by atoms with E-state index >= 15 is 0 Å². The average molecular weight is 505 g/mol.